The molecule has 1 aromatic heterocycles. The molecule has 220 valence electrons. The highest BCUT2D eigenvalue weighted by Crippen LogP contribution is 2.44. The van der Waals surface area contributed by atoms with Gasteiger partial charge in [-0.25, -0.2) is 8.42 Å². The van der Waals surface area contributed by atoms with Gasteiger partial charge in [-0.3, -0.25) is 9.59 Å². The van der Waals surface area contributed by atoms with E-state index in [-0.39, 0.29) is 36.0 Å². The molecule has 1 fully saturated rings. The van der Waals surface area contributed by atoms with Crippen LogP contribution in [0, 0.1) is 11.3 Å². The number of rotatable bonds is 11. The largest absolute Gasteiger partial charge is 0.490 e. The summed E-state index contributed by atoms with van der Waals surface area (Å²) in [5.74, 6) is 1.14. The zero-order chi connectivity index (χ0) is 29.1. The smallest absolute Gasteiger partial charge is 0.254 e. The monoisotopic (exact) mass is 592 g/mol. The minimum absolute atomic E-state index is 0.0217. The van der Waals surface area contributed by atoms with E-state index in [1.165, 1.54) is 4.88 Å². The molecule has 0 radical (unpaired) electrons. The van der Waals surface area contributed by atoms with Crippen LogP contribution >= 0.6 is 11.3 Å². The first-order valence-corrected chi connectivity index (χ1v) is 16.5. The third-order valence-corrected chi connectivity index (χ3v) is 10.6. The number of benzene rings is 1. The third kappa shape index (κ3) is 7.36. The number of nitrogens with one attached hydrogen (secondary N) is 2. The van der Waals surface area contributed by atoms with Crippen LogP contribution in [0.1, 0.15) is 71.7 Å². The molecule has 1 saturated heterocycles. The zero-order valence-electron chi connectivity index (χ0n) is 23.6. The van der Waals surface area contributed by atoms with Crippen LogP contribution in [0.15, 0.2) is 18.2 Å². The Morgan fingerprint density at radius 3 is 2.65 bits per heavy atom. The standard InChI is InChI=1S/C29H40N2O7S2/c1-5-37-24-12-18(15-32)6-9-23(24)38-16-21(33)14-30-28-26(27(34)31-20-10-11-40(35,36)17-20)22-8-7-19(29(2,3)4)13-25(22)39-28/h6,9,12,15,19-21,30,33H,5,7-8,10-11,13-14,16-17H2,1-4H3,(H,31,34). The van der Waals surface area contributed by atoms with Crippen molar-refractivity contribution >= 4 is 38.4 Å². The highest BCUT2D eigenvalue weighted by molar-refractivity contribution is 7.91. The number of amides is 1. The third-order valence-electron chi connectivity index (χ3n) is 7.62. The number of aliphatic hydroxyl groups is 1. The lowest BCUT2D eigenvalue weighted by Crippen LogP contribution is -2.36. The van der Waals surface area contributed by atoms with Crippen molar-refractivity contribution in [2.75, 3.05) is 36.6 Å². The Morgan fingerprint density at radius 2 is 2.00 bits per heavy atom. The molecule has 1 aliphatic carbocycles. The van der Waals surface area contributed by atoms with Crippen molar-refractivity contribution in [2.24, 2.45) is 11.3 Å². The molecule has 3 N–H and O–H groups in total. The normalized spacial score (nSPS) is 20.8. The van der Waals surface area contributed by atoms with Gasteiger partial charge in [-0.2, -0.15) is 0 Å². The maximum absolute atomic E-state index is 13.5. The number of fused-ring (bicyclic) bond motifs is 1. The highest BCUT2D eigenvalue weighted by Gasteiger charge is 2.35. The van der Waals surface area contributed by atoms with Crippen LogP contribution in [0.5, 0.6) is 11.5 Å². The Hall–Kier alpha value is -2.63. The molecule has 0 bridgehead atoms. The van der Waals surface area contributed by atoms with Crippen LogP contribution in [0.3, 0.4) is 0 Å². The van der Waals surface area contributed by atoms with Crippen molar-refractivity contribution in [1.82, 2.24) is 5.32 Å². The number of anilines is 1. The summed E-state index contributed by atoms with van der Waals surface area (Å²) in [5.41, 5.74) is 2.20. The van der Waals surface area contributed by atoms with Gasteiger partial charge in [-0.05, 0) is 67.7 Å². The van der Waals surface area contributed by atoms with Crippen LogP contribution in [-0.4, -0.2) is 69.1 Å². The first-order chi connectivity index (χ1) is 18.9. The van der Waals surface area contributed by atoms with E-state index in [0.717, 1.165) is 31.1 Å². The van der Waals surface area contributed by atoms with Gasteiger partial charge in [0.25, 0.3) is 5.91 Å². The molecule has 2 heterocycles. The summed E-state index contributed by atoms with van der Waals surface area (Å²) in [6.07, 6.45) is 2.90. The van der Waals surface area contributed by atoms with Gasteiger partial charge in [-0.1, -0.05) is 20.8 Å². The molecular formula is C29H40N2O7S2. The van der Waals surface area contributed by atoms with Crippen LogP contribution in [0.2, 0.25) is 0 Å². The number of sulfone groups is 1. The second kappa shape index (κ2) is 12.5. The van der Waals surface area contributed by atoms with Gasteiger partial charge >= 0.3 is 0 Å². The molecule has 0 saturated carbocycles. The molecule has 1 amide bonds. The van der Waals surface area contributed by atoms with Crippen LogP contribution in [-0.2, 0) is 22.7 Å². The fraction of sp³-hybridized carbons (Fsp3) is 0.586. The first kappa shape index (κ1) is 30.3. The van der Waals surface area contributed by atoms with Crippen LogP contribution < -0.4 is 20.1 Å². The van der Waals surface area contributed by atoms with Crippen molar-refractivity contribution in [1.29, 1.82) is 0 Å². The van der Waals surface area contributed by atoms with E-state index in [1.54, 1.807) is 29.5 Å². The maximum Gasteiger partial charge on any atom is 0.254 e. The van der Waals surface area contributed by atoms with E-state index in [9.17, 15) is 23.1 Å². The van der Waals surface area contributed by atoms with Crippen LogP contribution in [0.25, 0.3) is 0 Å². The Bertz CT molecular complexity index is 1330. The molecule has 1 aliphatic heterocycles. The molecule has 3 unspecified atom stereocenters. The maximum atomic E-state index is 13.5. The van der Waals surface area contributed by atoms with E-state index in [0.29, 0.717) is 46.6 Å². The van der Waals surface area contributed by atoms with Gasteiger partial charge in [-0.15, -0.1) is 11.3 Å². The summed E-state index contributed by atoms with van der Waals surface area (Å²) < 4.78 is 35.3. The Morgan fingerprint density at radius 1 is 1.23 bits per heavy atom. The molecule has 11 heteroatoms. The summed E-state index contributed by atoms with van der Waals surface area (Å²) >= 11 is 1.54. The fourth-order valence-corrected chi connectivity index (χ4v) is 8.30. The second-order valence-electron chi connectivity index (χ2n) is 11.7. The minimum Gasteiger partial charge on any atom is -0.490 e. The molecule has 2 aliphatic rings. The number of carbonyl (C=O) groups excluding carboxylic acids is 2. The average molecular weight is 593 g/mol. The van der Waals surface area contributed by atoms with E-state index in [2.05, 4.69) is 31.4 Å². The summed E-state index contributed by atoms with van der Waals surface area (Å²) in [4.78, 5) is 25.8. The predicted molar refractivity (Wildman–Crippen MR) is 157 cm³/mol. The topological polar surface area (TPSA) is 131 Å². The van der Waals surface area contributed by atoms with Gasteiger partial charge in [0.2, 0.25) is 0 Å². The SMILES string of the molecule is CCOc1cc(C=O)ccc1OCC(O)CNc1sc2c(c1C(=O)NC1CCS(=O)(=O)C1)CCC(C(C)(C)C)C2. The number of hydrogen-bond acceptors (Lipinski definition) is 9. The molecule has 0 spiro atoms. The molecule has 3 atom stereocenters. The first-order valence-electron chi connectivity index (χ1n) is 13.8. The van der Waals surface area contributed by atoms with Gasteiger partial charge in [0.15, 0.2) is 21.3 Å². The summed E-state index contributed by atoms with van der Waals surface area (Å²) in [7, 11) is -3.12. The molecule has 9 nitrogen and oxygen atoms in total. The van der Waals surface area contributed by atoms with Crippen molar-refractivity contribution in [2.45, 2.75) is 65.5 Å². The highest BCUT2D eigenvalue weighted by atomic mass is 32.2. The number of ether oxygens (including phenoxy) is 2. The lowest BCUT2D eigenvalue weighted by molar-refractivity contribution is 0.0939. The number of thiophene rings is 1. The molecule has 4 rings (SSSR count). The summed E-state index contributed by atoms with van der Waals surface area (Å²) in [6, 6.07) is 4.46. The van der Waals surface area contributed by atoms with Crippen LogP contribution in [0.4, 0.5) is 5.00 Å². The van der Waals surface area contributed by atoms with Crippen molar-refractivity contribution in [3.8, 4) is 11.5 Å². The summed E-state index contributed by atoms with van der Waals surface area (Å²) in [5, 5.41) is 17.6. The quantitative estimate of drug-likeness (QED) is 0.335. The molecule has 2 aromatic rings. The van der Waals surface area contributed by atoms with Crippen molar-refractivity contribution < 1.29 is 32.6 Å². The van der Waals surface area contributed by atoms with Crippen molar-refractivity contribution in [3.63, 3.8) is 0 Å². The van der Waals surface area contributed by atoms with Gasteiger partial charge in [0, 0.05) is 23.0 Å². The molecule has 40 heavy (non-hydrogen) atoms. The lowest BCUT2D eigenvalue weighted by Gasteiger charge is -2.33. The lowest BCUT2D eigenvalue weighted by atomic mass is 9.72. The van der Waals surface area contributed by atoms with Gasteiger partial charge in [0.05, 0.1) is 23.7 Å². The molecular weight excluding hydrogens is 552 g/mol. The Labute approximate surface area is 240 Å². The number of hydrogen-bond donors (Lipinski definition) is 3. The number of aldehydes is 1. The Kier molecular flexibility index (Phi) is 9.47. The molecule has 1 aromatic carbocycles. The fourth-order valence-electron chi connectivity index (χ4n) is 5.30. The van der Waals surface area contributed by atoms with Crippen molar-refractivity contribution in [3.05, 3.63) is 39.8 Å². The van der Waals surface area contributed by atoms with Gasteiger partial charge < -0.3 is 25.2 Å². The number of carbonyl (C=O) groups is 2. The van der Waals surface area contributed by atoms with E-state index in [1.807, 2.05) is 6.92 Å². The van der Waals surface area contributed by atoms with E-state index in [4.69, 9.17) is 9.47 Å². The van der Waals surface area contributed by atoms with E-state index < -0.39 is 22.0 Å². The second-order valence-corrected chi connectivity index (χ2v) is 15.0. The average Bonchev–Trinajstić information content (AvgIpc) is 3.44. The zero-order valence-corrected chi connectivity index (χ0v) is 25.3. The Balaban J connectivity index is 1.47. The summed E-state index contributed by atoms with van der Waals surface area (Å²) in [6.45, 7) is 9.08. The predicted octanol–water partition coefficient (Wildman–Crippen LogP) is 3.88. The number of aliphatic hydroxyl groups excluding tert-OH is 1. The van der Waals surface area contributed by atoms with Gasteiger partial charge in [0.1, 0.15) is 24.0 Å². The minimum atomic E-state index is -3.12. The van der Waals surface area contributed by atoms with E-state index >= 15 is 0 Å².